The van der Waals surface area contributed by atoms with Crippen LogP contribution >= 0.6 is 23.2 Å². The van der Waals surface area contributed by atoms with Gasteiger partial charge in [0.05, 0.1) is 28.4 Å². The SMILES string of the molecule is C=CCCC(O)CN(CC)CC(=O)Nc1c(Cl)cccc1Cl. The van der Waals surface area contributed by atoms with E-state index in [-0.39, 0.29) is 12.5 Å². The quantitative estimate of drug-likeness (QED) is 0.673. The summed E-state index contributed by atoms with van der Waals surface area (Å²) in [5, 5.41) is 13.4. The molecule has 122 valence electrons. The smallest absolute Gasteiger partial charge is 0.238 e. The molecule has 0 aromatic heterocycles. The number of aliphatic hydroxyl groups is 1. The molecule has 2 N–H and O–H groups in total. The fraction of sp³-hybridized carbons (Fsp3) is 0.438. The van der Waals surface area contributed by atoms with Crippen molar-refractivity contribution in [2.75, 3.05) is 25.0 Å². The van der Waals surface area contributed by atoms with E-state index in [1.165, 1.54) is 0 Å². The van der Waals surface area contributed by atoms with E-state index in [1.54, 1.807) is 24.3 Å². The number of nitrogens with zero attached hydrogens (tertiary/aromatic N) is 1. The lowest BCUT2D eigenvalue weighted by Crippen LogP contribution is -2.38. The van der Waals surface area contributed by atoms with Gasteiger partial charge >= 0.3 is 0 Å². The van der Waals surface area contributed by atoms with Crippen molar-refractivity contribution < 1.29 is 9.90 Å². The van der Waals surface area contributed by atoms with E-state index in [4.69, 9.17) is 23.2 Å². The number of aliphatic hydroxyl groups excluding tert-OH is 1. The molecule has 22 heavy (non-hydrogen) atoms. The van der Waals surface area contributed by atoms with Crippen molar-refractivity contribution in [3.05, 3.63) is 40.9 Å². The second kappa shape index (κ2) is 9.85. The highest BCUT2D eigenvalue weighted by Crippen LogP contribution is 2.29. The third-order valence-electron chi connectivity index (χ3n) is 3.21. The van der Waals surface area contributed by atoms with Crippen LogP contribution in [0.3, 0.4) is 0 Å². The number of anilines is 1. The molecule has 1 amide bonds. The number of hydrogen-bond donors (Lipinski definition) is 2. The molecule has 0 heterocycles. The number of para-hydroxylation sites is 1. The monoisotopic (exact) mass is 344 g/mol. The Kier molecular flexibility index (Phi) is 8.49. The molecule has 1 rings (SSSR count). The van der Waals surface area contributed by atoms with Gasteiger partial charge in [0.15, 0.2) is 0 Å². The van der Waals surface area contributed by atoms with E-state index < -0.39 is 6.10 Å². The van der Waals surface area contributed by atoms with Gasteiger partial charge in [0.2, 0.25) is 5.91 Å². The van der Waals surface area contributed by atoms with E-state index in [0.29, 0.717) is 35.2 Å². The lowest BCUT2D eigenvalue weighted by Gasteiger charge is -2.23. The van der Waals surface area contributed by atoms with Crippen LogP contribution in [0.5, 0.6) is 0 Å². The molecule has 1 atom stereocenters. The number of nitrogens with one attached hydrogen (secondary N) is 1. The van der Waals surface area contributed by atoms with Gasteiger partial charge < -0.3 is 10.4 Å². The first-order valence-corrected chi connectivity index (χ1v) is 7.98. The van der Waals surface area contributed by atoms with Gasteiger partial charge in [0.1, 0.15) is 0 Å². The highest BCUT2D eigenvalue weighted by atomic mass is 35.5. The number of rotatable bonds is 9. The standard InChI is InChI=1S/C16H22Cl2N2O2/c1-3-5-7-12(21)10-20(4-2)11-15(22)19-16-13(17)8-6-9-14(16)18/h3,6,8-9,12,21H,1,4-5,7,10-11H2,2H3,(H,19,22). The molecule has 0 radical (unpaired) electrons. The highest BCUT2D eigenvalue weighted by molar-refractivity contribution is 6.39. The first-order chi connectivity index (χ1) is 10.5. The van der Waals surface area contributed by atoms with Crippen LogP contribution in [0.4, 0.5) is 5.69 Å². The average molecular weight is 345 g/mol. The fourth-order valence-electron chi connectivity index (χ4n) is 2.00. The van der Waals surface area contributed by atoms with Crippen LogP contribution in [0, 0.1) is 0 Å². The summed E-state index contributed by atoms with van der Waals surface area (Å²) in [5.41, 5.74) is 0.416. The van der Waals surface area contributed by atoms with Crippen molar-refractivity contribution in [3.8, 4) is 0 Å². The molecular weight excluding hydrogens is 323 g/mol. The Labute approximate surface area is 141 Å². The van der Waals surface area contributed by atoms with Crippen LogP contribution in [-0.4, -0.2) is 41.7 Å². The van der Waals surface area contributed by atoms with Crippen LogP contribution in [-0.2, 0) is 4.79 Å². The molecule has 0 aliphatic carbocycles. The normalized spacial score (nSPS) is 12.2. The largest absolute Gasteiger partial charge is 0.392 e. The van der Waals surface area contributed by atoms with Gasteiger partial charge in [0, 0.05) is 6.54 Å². The summed E-state index contributed by atoms with van der Waals surface area (Å²) in [4.78, 5) is 14.0. The van der Waals surface area contributed by atoms with Gasteiger partial charge in [-0.05, 0) is 31.5 Å². The third-order valence-corrected chi connectivity index (χ3v) is 3.84. The molecule has 1 aromatic rings. The second-order valence-corrected chi connectivity index (χ2v) is 5.81. The number of carbonyl (C=O) groups excluding carboxylic acids is 1. The summed E-state index contributed by atoms with van der Waals surface area (Å²) in [7, 11) is 0. The van der Waals surface area contributed by atoms with Gasteiger partial charge in [-0.2, -0.15) is 0 Å². The molecule has 0 saturated heterocycles. The topological polar surface area (TPSA) is 52.6 Å². The Hall–Kier alpha value is -1.07. The van der Waals surface area contributed by atoms with E-state index in [9.17, 15) is 9.90 Å². The maximum Gasteiger partial charge on any atom is 0.238 e. The first kappa shape index (κ1) is 19.0. The van der Waals surface area contributed by atoms with E-state index in [0.717, 1.165) is 6.42 Å². The molecule has 6 heteroatoms. The molecule has 0 saturated carbocycles. The number of benzene rings is 1. The number of hydrogen-bond acceptors (Lipinski definition) is 3. The van der Waals surface area contributed by atoms with E-state index in [1.807, 2.05) is 11.8 Å². The minimum Gasteiger partial charge on any atom is -0.392 e. The van der Waals surface area contributed by atoms with Crippen LogP contribution in [0.15, 0.2) is 30.9 Å². The molecular formula is C16H22Cl2N2O2. The zero-order valence-electron chi connectivity index (χ0n) is 12.7. The van der Waals surface area contributed by atoms with Crippen molar-refractivity contribution in [1.29, 1.82) is 0 Å². The van der Waals surface area contributed by atoms with Gasteiger partial charge in [-0.1, -0.05) is 42.3 Å². The van der Waals surface area contributed by atoms with Crippen LogP contribution in [0.2, 0.25) is 10.0 Å². The minimum absolute atomic E-state index is 0.170. The molecule has 1 unspecified atom stereocenters. The molecule has 0 aliphatic rings. The number of amides is 1. The lowest BCUT2D eigenvalue weighted by molar-refractivity contribution is -0.117. The van der Waals surface area contributed by atoms with Crippen molar-refractivity contribution in [3.63, 3.8) is 0 Å². The summed E-state index contributed by atoms with van der Waals surface area (Å²) in [6.07, 6.45) is 2.68. The van der Waals surface area contributed by atoms with Gasteiger partial charge in [0.25, 0.3) is 0 Å². The predicted octanol–water partition coefficient (Wildman–Crippen LogP) is 3.58. The second-order valence-electron chi connectivity index (χ2n) is 4.99. The van der Waals surface area contributed by atoms with Gasteiger partial charge in [-0.15, -0.1) is 6.58 Å². The molecule has 4 nitrogen and oxygen atoms in total. The van der Waals surface area contributed by atoms with Gasteiger partial charge in [-0.25, -0.2) is 0 Å². The van der Waals surface area contributed by atoms with Crippen LogP contribution in [0.1, 0.15) is 19.8 Å². The Balaban J connectivity index is 2.56. The number of carbonyl (C=O) groups is 1. The lowest BCUT2D eigenvalue weighted by atomic mass is 10.2. The maximum absolute atomic E-state index is 12.1. The zero-order valence-corrected chi connectivity index (χ0v) is 14.2. The predicted molar refractivity (Wildman–Crippen MR) is 92.6 cm³/mol. The third kappa shape index (κ3) is 6.36. The average Bonchev–Trinajstić information content (AvgIpc) is 2.48. The summed E-state index contributed by atoms with van der Waals surface area (Å²) in [6, 6.07) is 5.05. The Morgan fingerprint density at radius 2 is 2.09 bits per heavy atom. The van der Waals surface area contributed by atoms with E-state index in [2.05, 4.69) is 11.9 Å². The minimum atomic E-state index is -0.477. The van der Waals surface area contributed by atoms with Crippen LogP contribution in [0.25, 0.3) is 0 Å². The molecule has 0 fully saturated rings. The summed E-state index contributed by atoms with van der Waals surface area (Å²) < 4.78 is 0. The fourth-order valence-corrected chi connectivity index (χ4v) is 2.50. The highest BCUT2D eigenvalue weighted by Gasteiger charge is 2.15. The molecule has 0 aliphatic heterocycles. The van der Waals surface area contributed by atoms with Crippen molar-refractivity contribution in [1.82, 2.24) is 4.90 Å². The van der Waals surface area contributed by atoms with Crippen molar-refractivity contribution in [2.24, 2.45) is 0 Å². The van der Waals surface area contributed by atoms with Gasteiger partial charge in [-0.3, -0.25) is 9.69 Å². The first-order valence-electron chi connectivity index (χ1n) is 7.23. The Morgan fingerprint density at radius 3 is 2.64 bits per heavy atom. The summed E-state index contributed by atoms with van der Waals surface area (Å²) >= 11 is 12.0. The summed E-state index contributed by atoms with van der Waals surface area (Å²) in [5.74, 6) is -0.215. The number of allylic oxidation sites excluding steroid dienone is 1. The van der Waals surface area contributed by atoms with E-state index >= 15 is 0 Å². The molecule has 1 aromatic carbocycles. The van der Waals surface area contributed by atoms with Crippen molar-refractivity contribution >= 4 is 34.8 Å². The summed E-state index contributed by atoms with van der Waals surface area (Å²) in [6.45, 7) is 6.84. The Bertz CT molecular complexity index is 489. The maximum atomic E-state index is 12.1. The number of halogens is 2. The van der Waals surface area contributed by atoms with Crippen molar-refractivity contribution in [2.45, 2.75) is 25.9 Å². The molecule has 0 spiro atoms. The zero-order chi connectivity index (χ0) is 16.5. The molecule has 0 bridgehead atoms. The van der Waals surface area contributed by atoms with Crippen LogP contribution < -0.4 is 5.32 Å². The Morgan fingerprint density at radius 1 is 1.45 bits per heavy atom. The number of likely N-dealkylation sites (N-methyl/N-ethyl adjacent to an activating group) is 1.